The lowest BCUT2D eigenvalue weighted by Gasteiger charge is -2.46. The molecule has 296 valence electrons. The zero-order valence-electron chi connectivity index (χ0n) is 31.6. The lowest BCUT2D eigenvalue weighted by atomic mass is 9.84. The lowest BCUT2D eigenvalue weighted by molar-refractivity contribution is -0.268. The molecule has 12 nitrogen and oxygen atoms in total. The summed E-state index contributed by atoms with van der Waals surface area (Å²) in [5.74, 6) is 1.84. The third-order valence-electron chi connectivity index (χ3n) is 10.3. The first kappa shape index (κ1) is 38.8. The van der Waals surface area contributed by atoms with Gasteiger partial charge >= 0.3 is 7.82 Å². The number of aliphatic hydroxyl groups excluding tert-OH is 2. The average Bonchev–Trinajstić information content (AvgIpc) is 3.37. The SMILES string of the molecule is COCO[C@@H]1[C@H](OP2(=O)Oc3ccc4ccccc4c3-c3c(ccc4ccccc34)O2)[C@H](O)[C@@H](OCc2ccc(OC)cc2)[C@H](O)[C@H]1OCc1ccc(OC)cc1. The summed E-state index contributed by atoms with van der Waals surface area (Å²) in [5.41, 5.74) is 2.87. The van der Waals surface area contributed by atoms with Crippen molar-refractivity contribution in [3.05, 3.63) is 132 Å². The number of aliphatic hydroxyl groups is 2. The largest absolute Gasteiger partial charge is 0.588 e. The van der Waals surface area contributed by atoms with Crippen LogP contribution in [-0.2, 0) is 41.3 Å². The summed E-state index contributed by atoms with van der Waals surface area (Å²) in [5, 5.41) is 27.6. The normalized spacial score (nSPS) is 22.5. The highest BCUT2D eigenvalue weighted by Gasteiger charge is 2.56. The van der Waals surface area contributed by atoms with Crippen molar-refractivity contribution in [1.29, 1.82) is 0 Å². The van der Waals surface area contributed by atoms with Gasteiger partial charge in [0, 0.05) is 18.2 Å². The molecule has 0 bridgehead atoms. The molecule has 2 N–H and O–H groups in total. The van der Waals surface area contributed by atoms with Gasteiger partial charge in [-0.2, -0.15) is 0 Å². The van der Waals surface area contributed by atoms with Gasteiger partial charge in [0.1, 0.15) is 66.4 Å². The fraction of sp³-hybridized carbons (Fsp3) is 0.273. The quantitative estimate of drug-likeness (QED) is 0.0870. The number of methoxy groups -OCH3 is 3. The summed E-state index contributed by atoms with van der Waals surface area (Å²) >= 11 is 0. The number of phosphoric acid groups is 1. The molecule has 2 aliphatic rings. The molecule has 1 aliphatic carbocycles. The van der Waals surface area contributed by atoms with E-state index in [1.807, 2.05) is 84.9 Å². The van der Waals surface area contributed by atoms with Gasteiger partial charge in [0.15, 0.2) is 0 Å². The Labute approximate surface area is 329 Å². The summed E-state index contributed by atoms with van der Waals surface area (Å²) in [7, 11) is -0.117. The van der Waals surface area contributed by atoms with Gasteiger partial charge in [-0.05, 0) is 69.1 Å². The van der Waals surface area contributed by atoms with Gasteiger partial charge in [0.25, 0.3) is 0 Å². The maximum atomic E-state index is 15.2. The molecule has 57 heavy (non-hydrogen) atoms. The van der Waals surface area contributed by atoms with Crippen molar-refractivity contribution in [1.82, 2.24) is 0 Å². The van der Waals surface area contributed by atoms with E-state index in [-0.39, 0.29) is 31.5 Å². The van der Waals surface area contributed by atoms with Crippen LogP contribution in [0.4, 0.5) is 0 Å². The fourth-order valence-electron chi connectivity index (χ4n) is 7.45. The number of hydrogen-bond acceptors (Lipinski definition) is 12. The highest BCUT2D eigenvalue weighted by Crippen LogP contribution is 2.60. The van der Waals surface area contributed by atoms with Crippen LogP contribution in [0.2, 0.25) is 0 Å². The van der Waals surface area contributed by atoms with Gasteiger partial charge in [0.05, 0.1) is 27.4 Å². The standard InChI is InChI=1S/C44H43O12P/c1-48-26-53-44-42(52-25-28-14-20-32(50-3)21-15-28)39(45)41(51-24-27-12-18-31(49-2)19-13-27)40(46)43(44)56-57(47)54-35-22-16-29-8-4-6-10-33(29)37(35)38-34-11-7-5-9-30(34)17-23-36(38)55-57/h4-23,39-46H,24-26H2,1-3H3/t39-,40+,41-,42+,43+,44-/m0/s1. The van der Waals surface area contributed by atoms with Crippen molar-refractivity contribution in [3.63, 3.8) is 0 Å². The summed E-state index contributed by atoms with van der Waals surface area (Å²) in [6.45, 7) is -0.257. The molecular weight excluding hydrogens is 751 g/mol. The smallest absolute Gasteiger partial charge is 0.497 e. The Morgan fingerprint density at radius 3 is 1.51 bits per heavy atom. The van der Waals surface area contributed by atoms with Crippen molar-refractivity contribution >= 4 is 29.4 Å². The van der Waals surface area contributed by atoms with E-state index in [1.165, 1.54) is 7.11 Å². The highest BCUT2D eigenvalue weighted by molar-refractivity contribution is 7.49. The van der Waals surface area contributed by atoms with Crippen LogP contribution >= 0.6 is 7.82 Å². The van der Waals surface area contributed by atoms with Crippen LogP contribution in [0.25, 0.3) is 32.7 Å². The zero-order chi connectivity index (χ0) is 39.5. The molecule has 6 aromatic carbocycles. The Morgan fingerprint density at radius 1 is 0.544 bits per heavy atom. The molecule has 6 aromatic rings. The fourth-order valence-corrected chi connectivity index (χ4v) is 8.90. The molecule has 1 fully saturated rings. The Kier molecular flexibility index (Phi) is 11.5. The minimum Gasteiger partial charge on any atom is -0.497 e. The van der Waals surface area contributed by atoms with Crippen molar-refractivity contribution in [2.24, 2.45) is 0 Å². The van der Waals surface area contributed by atoms with Crippen LogP contribution in [0.5, 0.6) is 23.0 Å². The second-order valence-corrected chi connectivity index (χ2v) is 15.3. The predicted octanol–water partition coefficient (Wildman–Crippen LogP) is 7.84. The van der Waals surface area contributed by atoms with Gasteiger partial charge in [-0.1, -0.05) is 84.9 Å². The van der Waals surface area contributed by atoms with E-state index in [4.69, 9.17) is 42.0 Å². The number of hydrogen-bond donors (Lipinski definition) is 2. The summed E-state index contributed by atoms with van der Waals surface area (Å²) in [6.07, 6.45) is -8.35. The van der Waals surface area contributed by atoms with E-state index >= 15 is 4.57 Å². The van der Waals surface area contributed by atoms with Gasteiger partial charge in [-0.15, -0.1) is 0 Å². The second-order valence-electron chi connectivity index (χ2n) is 13.8. The van der Waals surface area contributed by atoms with Gasteiger partial charge < -0.3 is 47.7 Å². The number of phosphoric ester groups is 1. The first-order chi connectivity index (χ1) is 27.8. The van der Waals surface area contributed by atoms with Crippen LogP contribution in [0.1, 0.15) is 11.1 Å². The molecule has 1 saturated carbocycles. The topological polar surface area (TPSA) is 141 Å². The Hall–Kier alpha value is -5.01. The van der Waals surface area contributed by atoms with Gasteiger partial charge in [-0.25, -0.2) is 4.57 Å². The van der Waals surface area contributed by atoms with Crippen molar-refractivity contribution in [2.45, 2.75) is 49.8 Å². The molecule has 0 spiro atoms. The van der Waals surface area contributed by atoms with Crippen LogP contribution < -0.4 is 18.5 Å². The second kappa shape index (κ2) is 16.8. The number of ether oxygens (including phenoxy) is 6. The van der Waals surface area contributed by atoms with Crippen molar-refractivity contribution in [3.8, 4) is 34.1 Å². The molecule has 6 atom stereocenters. The van der Waals surface area contributed by atoms with Crippen LogP contribution in [0, 0.1) is 0 Å². The molecule has 1 heterocycles. The minimum atomic E-state index is -4.70. The third-order valence-corrected chi connectivity index (χ3v) is 11.6. The zero-order valence-corrected chi connectivity index (χ0v) is 32.5. The monoisotopic (exact) mass is 794 g/mol. The first-order valence-corrected chi connectivity index (χ1v) is 19.9. The predicted molar refractivity (Wildman–Crippen MR) is 213 cm³/mol. The minimum absolute atomic E-state index is 0.00411. The molecule has 0 saturated heterocycles. The summed E-state index contributed by atoms with van der Waals surface area (Å²) < 4.78 is 68.9. The van der Waals surface area contributed by atoms with Crippen LogP contribution in [0.3, 0.4) is 0 Å². The molecule has 0 radical (unpaired) electrons. The first-order valence-electron chi connectivity index (χ1n) is 18.5. The van der Waals surface area contributed by atoms with Gasteiger partial charge in [0.2, 0.25) is 0 Å². The van der Waals surface area contributed by atoms with E-state index in [2.05, 4.69) is 0 Å². The summed E-state index contributed by atoms with van der Waals surface area (Å²) in [4.78, 5) is 0. The maximum absolute atomic E-state index is 15.2. The van der Waals surface area contributed by atoms with Crippen LogP contribution in [0.15, 0.2) is 121 Å². The van der Waals surface area contributed by atoms with E-state index in [0.717, 1.165) is 32.7 Å². The maximum Gasteiger partial charge on any atom is 0.588 e. The Bertz CT molecular complexity index is 2280. The Balaban J connectivity index is 1.19. The lowest BCUT2D eigenvalue weighted by Crippen LogP contribution is -2.66. The number of benzene rings is 6. The van der Waals surface area contributed by atoms with Crippen molar-refractivity contribution in [2.75, 3.05) is 28.1 Å². The molecule has 8 rings (SSSR count). The van der Waals surface area contributed by atoms with Crippen molar-refractivity contribution < 1.29 is 56.8 Å². The van der Waals surface area contributed by atoms with Gasteiger partial charge in [-0.3, -0.25) is 4.52 Å². The molecule has 13 heteroatoms. The van der Waals surface area contributed by atoms with E-state index < -0.39 is 44.4 Å². The molecule has 0 aromatic heterocycles. The molecule has 0 unspecified atom stereocenters. The third kappa shape index (κ3) is 7.96. The molecule has 0 amide bonds. The Morgan fingerprint density at radius 2 is 1.02 bits per heavy atom. The van der Waals surface area contributed by atoms with E-state index in [0.29, 0.717) is 22.6 Å². The van der Waals surface area contributed by atoms with E-state index in [9.17, 15) is 10.2 Å². The highest BCUT2D eigenvalue weighted by atomic mass is 31.2. The number of rotatable bonds is 13. The summed E-state index contributed by atoms with van der Waals surface area (Å²) in [6, 6.07) is 37.3. The number of fused-ring (bicyclic) bond motifs is 7. The molecule has 1 aliphatic heterocycles. The van der Waals surface area contributed by atoms with Crippen LogP contribution in [-0.4, -0.2) is 75.0 Å². The average molecular weight is 795 g/mol. The molecular formula is C44H43O12P. The van der Waals surface area contributed by atoms with E-state index in [1.54, 1.807) is 50.6 Å².